The molecule has 0 amide bonds. The molecular weight excluding hydrogens is 306 g/mol. The highest BCUT2D eigenvalue weighted by atomic mass is 16.5. The Hall–Kier alpha value is -2.18. The van der Waals surface area contributed by atoms with Crippen molar-refractivity contribution in [3.05, 3.63) is 36.0 Å². The van der Waals surface area contributed by atoms with E-state index in [0.717, 1.165) is 47.3 Å². The number of aromatic nitrogens is 1. The molecule has 2 aromatic rings. The van der Waals surface area contributed by atoms with Gasteiger partial charge in [0, 0.05) is 30.1 Å². The predicted molar refractivity (Wildman–Crippen MR) is 90.6 cm³/mol. The van der Waals surface area contributed by atoms with Crippen LogP contribution < -0.4 is 4.74 Å². The standard InChI is InChI=1S/C18H21N3O3/c1-24-12-2-3-15-14(9-12)13(4-6-19-15)18(22)17-8-11-5-7-21(17)10-16(11)20-23/h2-4,6,9,11,17-18,22-23H,5,7-8,10H2,1H3/b20-16-/t11-,17-,18+/m0/s1. The third-order valence-electron chi connectivity index (χ3n) is 5.39. The second-order valence-electron chi connectivity index (χ2n) is 6.58. The highest BCUT2D eigenvalue weighted by molar-refractivity contribution is 5.90. The molecule has 2 bridgehead atoms. The zero-order chi connectivity index (χ0) is 16.7. The van der Waals surface area contributed by atoms with Crippen molar-refractivity contribution in [3.8, 4) is 5.75 Å². The molecule has 1 unspecified atom stereocenters. The molecule has 3 saturated heterocycles. The first-order chi connectivity index (χ1) is 11.7. The number of benzene rings is 1. The van der Waals surface area contributed by atoms with E-state index in [1.165, 1.54) is 0 Å². The normalized spacial score (nSPS) is 29.1. The molecule has 4 heterocycles. The van der Waals surface area contributed by atoms with E-state index in [0.29, 0.717) is 6.54 Å². The average Bonchev–Trinajstić information content (AvgIpc) is 2.66. The molecule has 3 fully saturated rings. The Bertz CT molecular complexity index is 792. The van der Waals surface area contributed by atoms with Crippen LogP contribution in [-0.2, 0) is 0 Å². The van der Waals surface area contributed by atoms with Crippen molar-refractivity contribution in [2.45, 2.75) is 25.0 Å². The van der Waals surface area contributed by atoms with Gasteiger partial charge < -0.3 is 15.1 Å². The van der Waals surface area contributed by atoms with E-state index >= 15 is 0 Å². The summed E-state index contributed by atoms with van der Waals surface area (Å²) in [5.41, 5.74) is 2.56. The fraction of sp³-hybridized carbons (Fsp3) is 0.444. The SMILES string of the molecule is COc1ccc2nccc([C@@H](O)[C@@H]3C[C@@H]4CCN3C/C4=N/O)c2c1. The topological polar surface area (TPSA) is 78.2 Å². The smallest absolute Gasteiger partial charge is 0.119 e. The minimum absolute atomic E-state index is 0.0334. The zero-order valence-electron chi connectivity index (χ0n) is 13.6. The van der Waals surface area contributed by atoms with E-state index in [1.54, 1.807) is 13.3 Å². The van der Waals surface area contributed by atoms with Gasteiger partial charge in [0.25, 0.3) is 0 Å². The number of aliphatic hydroxyl groups is 1. The van der Waals surface area contributed by atoms with Crippen LogP contribution in [0.4, 0.5) is 0 Å². The molecular formula is C18H21N3O3. The van der Waals surface area contributed by atoms with E-state index in [-0.39, 0.29) is 12.0 Å². The maximum Gasteiger partial charge on any atom is 0.119 e. The fourth-order valence-corrected chi connectivity index (χ4v) is 4.06. The molecule has 3 aliphatic rings. The van der Waals surface area contributed by atoms with Gasteiger partial charge in [0.1, 0.15) is 5.75 Å². The van der Waals surface area contributed by atoms with Gasteiger partial charge in [-0.15, -0.1) is 0 Å². The number of ether oxygens (including phenoxy) is 1. The van der Waals surface area contributed by atoms with Gasteiger partial charge in [-0.2, -0.15) is 0 Å². The maximum atomic E-state index is 11.1. The second-order valence-corrected chi connectivity index (χ2v) is 6.58. The van der Waals surface area contributed by atoms with Crippen LogP contribution in [0.25, 0.3) is 10.9 Å². The van der Waals surface area contributed by atoms with Gasteiger partial charge in [-0.05, 0) is 49.2 Å². The molecule has 0 spiro atoms. The summed E-state index contributed by atoms with van der Waals surface area (Å²) in [5.74, 6) is 1.02. The van der Waals surface area contributed by atoms with Gasteiger partial charge >= 0.3 is 0 Å². The predicted octanol–water partition coefficient (Wildman–Crippen LogP) is 2.20. The summed E-state index contributed by atoms with van der Waals surface area (Å²) in [6.07, 6.45) is 2.94. The summed E-state index contributed by atoms with van der Waals surface area (Å²) in [5, 5.41) is 24.6. The lowest BCUT2D eigenvalue weighted by Crippen LogP contribution is -2.55. The number of aliphatic hydroxyl groups excluding tert-OH is 1. The van der Waals surface area contributed by atoms with Crippen LogP contribution in [0.2, 0.25) is 0 Å². The van der Waals surface area contributed by atoms with Crippen molar-refractivity contribution >= 4 is 16.6 Å². The Morgan fingerprint density at radius 3 is 2.96 bits per heavy atom. The number of oxime groups is 1. The Kier molecular flexibility index (Phi) is 3.86. The molecule has 6 heteroatoms. The van der Waals surface area contributed by atoms with Crippen LogP contribution in [0.1, 0.15) is 24.5 Å². The molecule has 5 rings (SSSR count). The first-order valence-corrected chi connectivity index (χ1v) is 8.27. The van der Waals surface area contributed by atoms with Gasteiger partial charge in [0.2, 0.25) is 0 Å². The van der Waals surface area contributed by atoms with Crippen LogP contribution in [0.3, 0.4) is 0 Å². The van der Waals surface area contributed by atoms with Crippen LogP contribution >= 0.6 is 0 Å². The molecule has 0 aliphatic carbocycles. The Balaban J connectivity index is 1.70. The summed E-state index contributed by atoms with van der Waals surface area (Å²) < 4.78 is 5.32. The first-order valence-electron chi connectivity index (χ1n) is 8.27. The van der Waals surface area contributed by atoms with Gasteiger partial charge in [0.05, 0.1) is 24.4 Å². The highest BCUT2D eigenvalue weighted by Gasteiger charge is 2.41. The Morgan fingerprint density at radius 1 is 1.38 bits per heavy atom. The number of fused-ring (bicyclic) bond motifs is 4. The summed E-state index contributed by atoms with van der Waals surface area (Å²) in [4.78, 5) is 6.60. The lowest BCUT2D eigenvalue weighted by atomic mass is 9.78. The number of hydrogen-bond acceptors (Lipinski definition) is 6. The molecule has 4 atom stereocenters. The lowest BCUT2D eigenvalue weighted by molar-refractivity contribution is 0.0113. The molecule has 0 saturated carbocycles. The number of rotatable bonds is 3. The van der Waals surface area contributed by atoms with Crippen LogP contribution in [0.15, 0.2) is 35.6 Å². The summed E-state index contributed by atoms with van der Waals surface area (Å²) in [6.45, 7) is 1.56. The zero-order valence-corrected chi connectivity index (χ0v) is 13.6. The fourth-order valence-electron chi connectivity index (χ4n) is 4.06. The van der Waals surface area contributed by atoms with E-state index in [4.69, 9.17) is 9.94 Å². The van der Waals surface area contributed by atoms with Crippen LogP contribution in [-0.4, -0.2) is 52.2 Å². The van der Waals surface area contributed by atoms with Crippen molar-refractivity contribution in [1.29, 1.82) is 0 Å². The monoisotopic (exact) mass is 327 g/mol. The first kappa shape index (κ1) is 15.4. The van der Waals surface area contributed by atoms with Crippen molar-refractivity contribution in [3.63, 3.8) is 0 Å². The minimum atomic E-state index is -0.606. The van der Waals surface area contributed by atoms with Gasteiger partial charge in [-0.25, -0.2) is 0 Å². The van der Waals surface area contributed by atoms with Gasteiger partial charge in [-0.1, -0.05) is 5.16 Å². The molecule has 2 N–H and O–H groups in total. The van der Waals surface area contributed by atoms with Gasteiger partial charge in [-0.3, -0.25) is 9.88 Å². The summed E-state index contributed by atoms with van der Waals surface area (Å²) in [7, 11) is 1.63. The number of nitrogens with zero attached hydrogens (tertiary/aromatic N) is 3. The molecule has 24 heavy (non-hydrogen) atoms. The van der Waals surface area contributed by atoms with E-state index in [1.807, 2.05) is 24.3 Å². The average molecular weight is 327 g/mol. The van der Waals surface area contributed by atoms with Crippen molar-refractivity contribution < 1.29 is 15.1 Å². The van der Waals surface area contributed by atoms with Crippen LogP contribution in [0.5, 0.6) is 5.75 Å². The van der Waals surface area contributed by atoms with E-state index < -0.39 is 6.10 Å². The van der Waals surface area contributed by atoms with Crippen molar-refractivity contribution in [1.82, 2.24) is 9.88 Å². The molecule has 0 radical (unpaired) electrons. The largest absolute Gasteiger partial charge is 0.497 e. The van der Waals surface area contributed by atoms with E-state index in [2.05, 4.69) is 15.0 Å². The number of piperidine rings is 3. The molecule has 1 aromatic carbocycles. The minimum Gasteiger partial charge on any atom is -0.497 e. The number of methoxy groups -OCH3 is 1. The molecule has 1 aromatic heterocycles. The van der Waals surface area contributed by atoms with Crippen LogP contribution in [0, 0.1) is 5.92 Å². The summed E-state index contributed by atoms with van der Waals surface area (Å²) >= 11 is 0. The van der Waals surface area contributed by atoms with Crippen molar-refractivity contribution in [2.24, 2.45) is 11.1 Å². The third-order valence-corrected chi connectivity index (χ3v) is 5.39. The Morgan fingerprint density at radius 2 is 2.25 bits per heavy atom. The highest BCUT2D eigenvalue weighted by Crippen LogP contribution is 2.38. The summed E-state index contributed by atoms with van der Waals surface area (Å²) in [6, 6.07) is 7.64. The number of pyridine rings is 1. The van der Waals surface area contributed by atoms with Crippen molar-refractivity contribution in [2.75, 3.05) is 20.2 Å². The third kappa shape index (κ3) is 2.42. The Labute approximate surface area is 140 Å². The molecule has 126 valence electrons. The van der Waals surface area contributed by atoms with E-state index in [9.17, 15) is 5.11 Å². The molecule has 3 aliphatic heterocycles. The quantitative estimate of drug-likeness (QED) is 0.667. The lowest BCUT2D eigenvalue weighted by Gasteiger charge is -2.47. The maximum absolute atomic E-state index is 11.1. The second kappa shape index (κ2) is 6.03. The number of hydrogen-bond donors (Lipinski definition) is 2. The van der Waals surface area contributed by atoms with Gasteiger partial charge in [0.15, 0.2) is 0 Å². The molecule has 6 nitrogen and oxygen atoms in total.